The average Bonchev–Trinajstić information content (AvgIpc) is 3.26. The van der Waals surface area contributed by atoms with Gasteiger partial charge < -0.3 is 0 Å². The lowest BCUT2D eigenvalue weighted by Gasteiger charge is -2.24. The Bertz CT molecular complexity index is 1390. The van der Waals surface area contributed by atoms with Crippen molar-refractivity contribution in [3.05, 3.63) is 72.2 Å². The summed E-state index contributed by atoms with van der Waals surface area (Å²) < 4.78 is 17.4. The molecule has 0 amide bonds. The molecule has 0 aliphatic heterocycles. The van der Waals surface area contributed by atoms with Gasteiger partial charge in [0.25, 0.3) is 0 Å². The second-order valence-electron chi connectivity index (χ2n) is 9.56. The number of Topliss-reactive ketones (excluding diaryl/α,β-unsaturated/α-hetero) is 1. The first-order valence-corrected chi connectivity index (χ1v) is 12.9. The number of fused-ring (bicyclic) bond motifs is 1. The quantitative estimate of drug-likeness (QED) is 0.326. The molecule has 0 aliphatic carbocycles. The molecule has 182 valence electrons. The van der Waals surface area contributed by atoms with Crippen molar-refractivity contribution >= 4 is 27.7 Å². The molecule has 2 atom stereocenters. The third-order valence-corrected chi connectivity index (χ3v) is 7.30. The molecule has 4 aromatic rings. The molecule has 0 spiro atoms. The molecule has 0 aliphatic rings. The van der Waals surface area contributed by atoms with Gasteiger partial charge in [0, 0.05) is 17.9 Å². The molecule has 1 N–H and O–H groups in total. The van der Waals surface area contributed by atoms with Crippen LogP contribution in [-0.2, 0) is 11.0 Å². The van der Waals surface area contributed by atoms with Crippen molar-refractivity contribution in [1.82, 2.24) is 24.5 Å². The number of nitrogens with zero attached hydrogens (tertiary/aromatic N) is 4. The van der Waals surface area contributed by atoms with E-state index in [1.54, 1.807) is 16.9 Å². The van der Waals surface area contributed by atoms with Gasteiger partial charge in [-0.3, -0.25) is 9.78 Å². The molecule has 1 aromatic carbocycles. The Balaban J connectivity index is 1.71. The second-order valence-corrected chi connectivity index (χ2v) is 11.6. The normalized spacial score (nSPS) is 13.6. The van der Waals surface area contributed by atoms with Gasteiger partial charge in [-0.15, -0.1) is 0 Å². The summed E-state index contributed by atoms with van der Waals surface area (Å²) >= 11 is 0. The Labute approximate surface area is 208 Å². The fourth-order valence-corrected chi connectivity index (χ4v) is 4.62. The predicted molar refractivity (Wildman–Crippen MR) is 141 cm³/mol. The van der Waals surface area contributed by atoms with Gasteiger partial charge in [-0.2, -0.15) is 5.10 Å². The molecule has 7 nitrogen and oxygen atoms in total. The van der Waals surface area contributed by atoms with Gasteiger partial charge in [0.1, 0.15) is 5.69 Å². The number of hydrogen-bond acceptors (Lipinski definition) is 5. The molecule has 0 unspecified atom stereocenters. The number of benzene rings is 1. The molecule has 0 saturated carbocycles. The van der Waals surface area contributed by atoms with Gasteiger partial charge in [-0.1, -0.05) is 37.6 Å². The maximum atomic E-state index is 12.8. The van der Waals surface area contributed by atoms with Crippen LogP contribution in [0.4, 0.5) is 0 Å². The van der Waals surface area contributed by atoms with E-state index in [1.807, 2.05) is 69.3 Å². The monoisotopic (exact) mass is 489 g/mol. The number of carbonyl (C=O) groups is 1. The van der Waals surface area contributed by atoms with Crippen LogP contribution in [0.1, 0.15) is 69.7 Å². The van der Waals surface area contributed by atoms with Crippen molar-refractivity contribution in [1.29, 1.82) is 0 Å². The number of rotatable bonds is 8. The number of aromatic nitrogens is 4. The van der Waals surface area contributed by atoms with E-state index in [1.165, 1.54) is 6.92 Å². The Morgan fingerprint density at radius 3 is 2.57 bits per heavy atom. The van der Waals surface area contributed by atoms with E-state index in [-0.39, 0.29) is 16.6 Å². The number of carbonyl (C=O) groups excluding carboxylic acids is 1. The van der Waals surface area contributed by atoms with E-state index in [2.05, 4.69) is 21.7 Å². The maximum absolute atomic E-state index is 12.8. The van der Waals surface area contributed by atoms with Crippen LogP contribution >= 0.6 is 0 Å². The molecule has 4 rings (SSSR count). The number of hydrogen-bond donors (Lipinski definition) is 1. The fraction of sp³-hybridized carbons (Fsp3) is 0.333. The van der Waals surface area contributed by atoms with Gasteiger partial charge in [-0.05, 0) is 57.5 Å². The standard InChI is InChI=1S/C27H31N5O2S/c1-6-9-24(31-35(34)27(3,4)5)23-12-7-11-22(29-23)19-14-15-20-17-28-32(25(20)16-19)26-13-8-10-21(30-26)18(2)33/h7-8,10-17,24,31H,6,9H2,1-5H3/t24-,35+/m0/s1. The lowest BCUT2D eigenvalue weighted by Crippen LogP contribution is -2.36. The van der Waals surface area contributed by atoms with Crippen molar-refractivity contribution in [3.63, 3.8) is 0 Å². The van der Waals surface area contributed by atoms with Crippen LogP contribution in [0.3, 0.4) is 0 Å². The maximum Gasteiger partial charge on any atom is 0.178 e. The predicted octanol–water partition coefficient (Wildman–Crippen LogP) is 5.58. The molecule has 3 aromatic heterocycles. The summed E-state index contributed by atoms with van der Waals surface area (Å²) in [5.74, 6) is 0.496. The molecule has 8 heteroatoms. The number of nitrogens with one attached hydrogen (secondary N) is 1. The van der Waals surface area contributed by atoms with Gasteiger partial charge in [-0.25, -0.2) is 18.6 Å². The zero-order valence-electron chi connectivity index (χ0n) is 20.8. The molecule has 35 heavy (non-hydrogen) atoms. The number of ketones is 1. The lowest BCUT2D eigenvalue weighted by atomic mass is 10.1. The van der Waals surface area contributed by atoms with Crippen LogP contribution in [0.15, 0.2) is 60.8 Å². The van der Waals surface area contributed by atoms with Crippen LogP contribution in [0, 0.1) is 0 Å². The Hall–Kier alpha value is -3.23. The van der Waals surface area contributed by atoms with Crippen LogP contribution in [0.5, 0.6) is 0 Å². The summed E-state index contributed by atoms with van der Waals surface area (Å²) in [5, 5.41) is 5.47. The summed E-state index contributed by atoms with van der Waals surface area (Å²) in [6.45, 7) is 9.50. The first kappa shape index (κ1) is 24.9. The Morgan fingerprint density at radius 2 is 1.86 bits per heavy atom. The molecule has 0 radical (unpaired) electrons. The third kappa shape index (κ3) is 5.55. The SMILES string of the molecule is CCC[C@H](N[S@](=O)C(C)(C)C)c1cccc(-c2ccc3cnn(-c4cccc(C(C)=O)n4)c3c2)n1. The highest BCUT2D eigenvalue weighted by molar-refractivity contribution is 7.84. The molecular formula is C27H31N5O2S. The molecule has 0 saturated heterocycles. The van der Waals surface area contributed by atoms with Crippen LogP contribution in [0.25, 0.3) is 28.0 Å². The fourth-order valence-electron chi connectivity index (χ4n) is 3.77. The highest BCUT2D eigenvalue weighted by Gasteiger charge is 2.24. The van der Waals surface area contributed by atoms with E-state index >= 15 is 0 Å². The van der Waals surface area contributed by atoms with Gasteiger partial charge in [0.2, 0.25) is 0 Å². The zero-order chi connectivity index (χ0) is 25.2. The van der Waals surface area contributed by atoms with Crippen LogP contribution in [0.2, 0.25) is 0 Å². The highest BCUT2D eigenvalue weighted by Crippen LogP contribution is 2.27. The van der Waals surface area contributed by atoms with Crippen molar-refractivity contribution in [2.75, 3.05) is 0 Å². The van der Waals surface area contributed by atoms with E-state index in [4.69, 9.17) is 4.98 Å². The van der Waals surface area contributed by atoms with Crippen molar-refractivity contribution in [2.45, 2.75) is 58.2 Å². The van der Waals surface area contributed by atoms with Gasteiger partial charge in [0.15, 0.2) is 11.6 Å². The highest BCUT2D eigenvalue weighted by atomic mass is 32.2. The van der Waals surface area contributed by atoms with E-state index < -0.39 is 11.0 Å². The summed E-state index contributed by atoms with van der Waals surface area (Å²) in [6.07, 6.45) is 3.57. The zero-order valence-corrected chi connectivity index (χ0v) is 21.6. The largest absolute Gasteiger partial charge is 0.293 e. The summed E-state index contributed by atoms with van der Waals surface area (Å²) in [5.41, 5.74) is 3.91. The Morgan fingerprint density at radius 1 is 1.09 bits per heavy atom. The second kappa shape index (κ2) is 10.2. The van der Waals surface area contributed by atoms with Crippen molar-refractivity contribution in [3.8, 4) is 17.1 Å². The first-order valence-electron chi connectivity index (χ1n) is 11.8. The average molecular weight is 490 g/mol. The molecule has 0 fully saturated rings. The minimum absolute atomic E-state index is 0.0901. The summed E-state index contributed by atoms with van der Waals surface area (Å²) in [7, 11) is -1.20. The van der Waals surface area contributed by atoms with Crippen LogP contribution < -0.4 is 4.72 Å². The van der Waals surface area contributed by atoms with E-state index in [9.17, 15) is 9.00 Å². The van der Waals surface area contributed by atoms with Gasteiger partial charge >= 0.3 is 0 Å². The molecule has 3 heterocycles. The topological polar surface area (TPSA) is 89.8 Å². The van der Waals surface area contributed by atoms with E-state index in [0.29, 0.717) is 11.5 Å². The van der Waals surface area contributed by atoms with Crippen LogP contribution in [-0.4, -0.2) is 34.5 Å². The minimum atomic E-state index is -1.20. The lowest BCUT2D eigenvalue weighted by molar-refractivity contribution is 0.101. The first-order chi connectivity index (χ1) is 16.7. The van der Waals surface area contributed by atoms with Crippen molar-refractivity contribution in [2.24, 2.45) is 0 Å². The summed E-state index contributed by atoms with van der Waals surface area (Å²) in [6, 6.07) is 17.3. The molecular weight excluding hydrogens is 458 g/mol. The summed E-state index contributed by atoms with van der Waals surface area (Å²) in [4.78, 5) is 21.2. The number of pyridine rings is 2. The third-order valence-electron chi connectivity index (χ3n) is 5.69. The smallest absolute Gasteiger partial charge is 0.178 e. The van der Waals surface area contributed by atoms with Crippen molar-refractivity contribution < 1.29 is 9.00 Å². The minimum Gasteiger partial charge on any atom is -0.293 e. The van der Waals surface area contributed by atoms with Gasteiger partial charge in [0.05, 0.1) is 44.9 Å². The molecule has 0 bridgehead atoms. The Kier molecular flexibility index (Phi) is 7.23. The van der Waals surface area contributed by atoms with E-state index in [0.717, 1.165) is 40.7 Å².